The minimum atomic E-state index is -0.712. The number of carbonyl (C=O) groups is 1. The standard InChI is InChI=1S/C17H35NO2S.C8H19N/c1-3-4-5-6-7-8-9-10-11-12-14-18-16(17(19)20)13-15-21-2;1-3-5-7-9-8-6-4-2/h16,18H,3-15H2,1-2H3,(H,19,20);9H,3-8H2,1-2H3. The Bertz CT molecular complexity index is 324. The van der Waals surface area contributed by atoms with E-state index in [0.717, 1.165) is 18.7 Å². The highest BCUT2D eigenvalue weighted by Gasteiger charge is 2.15. The summed E-state index contributed by atoms with van der Waals surface area (Å²) < 4.78 is 0. The zero-order chi connectivity index (χ0) is 22.7. The van der Waals surface area contributed by atoms with Crippen LogP contribution in [0.25, 0.3) is 0 Å². The van der Waals surface area contributed by atoms with Crippen molar-refractivity contribution in [3.05, 3.63) is 0 Å². The summed E-state index contributed by atoms with van der Waals surface area (Å²) in [5.41, 5.74) is 0. The third-order valence-electron chi connectivity index (χ3n) is 5.24. The van der Waals surface area contributed by atoms with Crippen molar-refractivity contribution in [1.29, 1.82) is 0 Å². The van der Waals surface area contributed by atoms with Gasteiger partial charge in [-0.15, -0.1) is 0 Å². The minimum absolute atomic E-state index is 0.365. The van der Waals surface area contributed by atoms with Gasteiger partial charge in [0.05, 0.1) is 0 Å². The molecule has 0 aromatic heterocycles. The summed E-state index contributed by atoms with van der Waals surface area (Å²) in [7, 11) is 0. The SMILES string of the molecule is CCCCCCCCCCCCNC(CCSC)C(=O)O.CCCCNCCCC. The number of unbranched alkanes of at least 4 members (excludes halogenated alkanes) is 11. The lowest BCUT2D eigenvalue weighted by atomic mass is 10.1. The first-order chi connectivity index (χ1) is 14.6. The first kappa shape index (κ1) is 31.9. The van der Waals surface area contributed by atoms with Crippen LogP contribution in [-0.2, 0) is 4.79 Å². The molecule has 0 aromatic rings. The summed E-state index contributed by atoms with van der Waals surface area (Å²) in [5, 5.41) is 15.6. The van der Waals surface area contributed by atoms with Gasteiger partial charge < -0.3 is 15.7 Å². The maximum absolute atomic E-state index is 11.0. The van der Waals surface area contributed by atoms with Crippen LogP contribution in [0.5, 0.6) is 0 Å². The monoisotopic (exact) mass is 446 g/mol. The average Bonchev–Trinajstić information content (AvgIpc) is 2.74. The second-order valence-corrected chi connectivity index (χ2v) is 9.25. The maximum Gasteiger partial charge on any atom is 0.320 e. The molecule has 0 spiro atoms. The summed E-state index contributed by atoms with van der Waals surface area (Å²) in [5.74, 6) is 0.193. The highest BCUT2D eigenvalue weighted by Crippen LogP contribution is 2.10. The summed E-state index contributed by atoms with van der Waals surface area (Å²) in [4.78, 5) is 11.0. The minimum Gasteiger partial charge on any atom is -0.480 e. The van der Waals surface area contributed by atoms with E-state index in [0.29, 0.717) is 6.42 Å². The van der Waals surface area contributed by atoms with Crippen LogP contribution in [0.15, 0.2) is 0 Å². The fraction of sp³-hybridized carbons (Fsp3) is 0.960. The number of nitrogens with one attached hydrogen (secondary N) is 2. The first-order valence-corrected chi connectivity index (χ1v) is 14.2. The van der Waals surface area contributed by atoms with Gasteiger partial charge in [0.15, 0.2) is 0 Å². The zero-order valence-electron chi connectivity index (χ0n) is 20.8. The second-order valence-electron chi connectivity index (χ2n) is 8.27. The number of hydrogen-bond acceptors (Lipinski definition) is 4. The molecule has 4 nitrogen and oxygen atoms in total. The van der Waals surface area contributed by atoms with E-state index in [4.69, 9.17) is 5.11 Å². The Morgan fingerprint density at radius 1 is 0.733 bits per heavy atom. The number of thioether (sulfide) groups is 1. The van der Waals surface area contributed by atoms with Crippen molar-refractivity contribution in [3.8, 4) is 0 Å². The number of rotatable bonds is 22. The van der Waals surface area contributed by atoms with Gasteiger partial charge in [0, 0.05) is 0 Å². The maximum atomic E-state index is 11.0. The van der Waals surface area contributed by atoms with Crippen LogP contribution in [0.2, 0.25) is 0 Å². The van der Waals surface area contributed by atoms with E-state index in [1.165, 1.54) is 96.6 Å². The Morgan fingerprint density at radius 2 is 1.20 bits per heavy atom. The van der Waals surface area contributed by atoms with Crippen molar-refractivity contribution in [2.24, 2.45) is 0 Å². The van der Waals surface area contributed by atoms with Crippen LogP contribution >= 0.6 is 11.8 Å². The van der Waals surface area contributed by atoms with E-state index >= 15 is 0 Å². The fourth-order valence-electron chi connectivity index (χ4n) is 3.17. The van der Waals surface area contributed by atoms with Crippen molar-refractivity contribution in [1.82, 2.24) is 10.6 Å². The molecule has 0 aliphatic carbocycles. The van der Waals surface area contributed by atoms with Gasteiger partial charge in [0.25, 0.3) is 0 Å². The van der Waals surface area contributed by atoms with E-state index in [1.54, 1.807) is 11.8 Å². The molecule has 5 heteroatoms. The summed E-state index contributed by atoms with van der Waals surface area (Å²) in [6.45, 7) is 9.95. The van der Waals surface area contributed by atoms with Crippen LogP contribution in [0.3, 0.4) is 0 Å². The third kappa shape index (κ3) is 27.7. The van der Waals surface area contributed by atoms with Gasteiger partial charge in [-0.05, 0) is 57.3 Å². The lowest BCUT2D eigenvalue weighted by molar-refractivity contribution is -0.139. The van der Waals surface area contributed by atoms with Crippen molar-refractivity contribution >= 4 is 17.7 Å². The average molecular weight is 447 g/mol. The van der Waals surface area contributed by atoms with Crippen LogP contribution in [-0.4, -0.2) is 48.8 Å². The molecule has 0 bridgehead atoms. The number of carboxylic acid groups (broad SMARTS) is 1. The normalized spacial score (nSPS) is 11.7. The van der Waals surface area contributed by atoms with E-state index in [9.17, 15) is 4.79 Å². The van der Waals surface area contributed by atoms with Gasteiger partial charge in [0.2, 0.25) is 0 Å². The van der Waals surface area contributed by atoms with Crippen molar-refractivity contribution in [2.75, 3.05) is 31.6 Å². The van der Waals surface area contributed by atoms with Gasteiger partial charge >= 0.3 is 5.97 Å². The Labute approximate surface area is 193 Å². The molecule has 1 atom stereocenters. The highest BCUT2D eigenvalue weighted by molar-refractivity contribution is 7.98. The number of carboxylic acids is 1. The third-order valence-corrected chi connectivity index (χ3v) is 5.89. The molecule has 0 amide bonds. The number of hydrogen-bond donors (Lipinski definition) is 3. The molecule has 0 radical (unpaired) electrons. The Balaban J connectivity index is 0. The van der Waals surface area contributed by atoms with Crippen LogP contribution in [0, 0.1) is 0 Å². The molecule has 0 aromatic carbocycles. The quantitative estimate of drug-likeness (QED) is 0.158. The highest BCUT2D eigenvalue weighted by atomic mass is 32.2. The van der Waals surface area contributed by atoms with Crippen molar-refractivity contribution in [2.45, 2.75) is 123 Å². The zero-order valence-corrected chi connectivity index (χ0v) is 21.6. The summed E-state index contributed by atoms with van der Waals surface area (Å²) >= 11 is 1.70. The molecular weight excluding hydrogens is 392 g/mol. The molecule has 30 heavy (non-hydrogen) atoms. The lowest BCUT2D eigenvalue weighted by Crippen LogP contribution is -2.37. The van der Waals surface area contributed by atoms with Crippen LogP contribution in [0.1, 0.15) is 117 Å². The molecule has 0 saturated carbocycles. The van der Waals surface area contributed by atoms with E-state index in [2.05, 4.69) is 31.4 Å². The molecule has 3 N–H and O–H groups in total. The van der Waals surface area contributed by atoms with Crippen molar-refractivity contribution < 1.29 is 9.90 Å². The Kier molecular flexibility index (Phi) is 30.6. The smallest absolute Gasteiger partial charge is 0.320 e. The molecule has 182 valence electrons. The molecule has 1 unspecified atom stereocenters. The molecule has 0 aliphatic rings. The summed E-state index contributed by atoms with van der Waals surface area (Å²) in [6, 6.07) is -0.365. The molecule has 0 saturated heterocycles. The first-order valence-electron chi connectivity index (χ1n) is 12.8. The Hall–Kier alpha value is -0.260. The van der Waals surface area contributed by atoms with Gasteiger partial charge in [-0.3, -0.25) is 4.79 Å². The molecular formula is C25H54N2O2S. The summed E-state index contributed by atoms with van der Waals surface area (Å²) in [6.07, 6.45) is 21.2. The van der Waals surface area contributed by atoms with Gasteiger partial charge in [0.1, 0.15) is 6.04 Å². The fourth-order valence-corrected chi connectivity index (χ4v) is 3.64. The predicted octanol–water partition coefficient (Wildman–Crippen LogP) is 6.88. The van der Waals surface area contributed by atoms with E-state index in [1.807, 2.05) is 6.26 Å². The van der Waals surface area contributed by atoms with Crippen LogP contribution in [0.4, 0.5) is 0 Å². The topological polar surface area (TPSA) is 61.4 Å². The second kappa shape index (κ2) is 28.7. The predicted molar refractivity (Wildman–Crippen MR) is 137 cm³/mol. The van der Waals surface area contributed by atoms with Gasteiger partial charge in [-0.2, -0.15) is 11.8 Å². The Morgan fingerprint density at radius 3 is 1.63 bits per heavy atom. The molecule has 0 rings (SSSR count). The molecule has 0 heterocycles. The van der Waals surface area contributed by atoms with E-state index < -0.39 is 5.97 Å². The van der Waals surface area contributed by atoms with Gasteiger partial charge in [-0.1, -0.05) is 91.4 Å². The largest absolute Gasteiger partial charge is 0.480 e. The molecule has 0 aliphatic heterocycles. The molecule has 0 fully saturated rings. The lowest BCUT2D eigenvalue weighted by Gasteiger charge is -2.13. The van der Waals surface area contributed by atoms with Gasteiger partial charge in [-0.25, -0.2) is 0 Å². The number of aliphatic carboxylic acids is 1. The van der Waals surface area contributed by atoms with Crippen LogP contribution < -0.4 is 10.6 Å². The van der Waals surface area contributed by atoms with E-state index in [-0.39, 0.29) is 6.04 Å². The van der Waals surface area contributed by atoms with Crippen molar-refractivity contribution in [3.63, 3.8) is 0 Å².